The number of ether oxygens (including phenoxy) is 1. The average Bonchev–Trinajstić information content (AvgIpc) is 3.57. The van der Waals surface area contributed by atoms with E-state index in [1.807, 2.05) is 30.3 Å². The first-order valence-corrected chi connectivity index (χ1v) is 15.0. The van der Waals surface area contributed by atoms with Gasteiger partial charge in [0.2, 0.25) is 0 Å². The van der Waals surface area contributed by atoms with E-state index in [0.29, 0.717) is 31.0 Å². The van der Waals surface area contributed by atoms with Gasteiger partial charge >= 0.3 is 12.4 Å². The van der Waals surface area contributed by atoms with Crippen molar-refractivity contribution in [3.05, 3.63) is 70.8 Å². The van der Waals surface area contributed by atoms with Crippen LogP contribution in [0.2, 0.25) is 0 Å². The second-order valence-corrected chi connectivity index (χ2v) is 12.8. The monoisotopic (exact) mass is 610 g/mol. The second-order valence-electron chi connectivity index (χ2n) is 12.8. The lowest BCUT2D eigenvalue weighted by molar-refractivity contribution is -0.152. The lowest BCUT2D eigenvalue weighted by Crippen LogP contribution is -2.55. The normalized spacial score (nSPS) is 30.3. The zero-order valence-electron chi connectivity index (χ0n) is 23.8. The minimum absolute atomic E-state index is 0.0126. The van der Waals surface area contributed by atoms with Crippen LogP contribution in [0.25, 0.3) is 0 Å². The zero-order chi connectivity index (χ0) is 30.7. The van der Waals surface area contributed by atoms with Crippen molar-refractivity contribution in [3.8, 4) is 0 Å². The van der Waals surface area contributed by atoms with E-state index in [9.17, 15) is 36.2 Å². The Morgan fingerprint density at radius 2 is 1.37 bits per heavy atom. The van der Waals surface area contributed by atoms with Crippen LogP contribution in [-0.2, 0) is 33.0 Å². The summed E-state index contributed by atoms with van der Waals surface area (Å²) in [5.74, 6) is -0.858. The molecule has 6 rings (SSSR count). The van der Waals surface area contributed by atoms with Gasteiger partial charge in [-0.15, -0.1) is 0 Å². The third kappa shape index (κ3) is 5.46. The molecule has 3 heterocycles. The summed E-state index contributed by atoms with van der Waals surface area (Å²) in [5, 5.41) is 11.6. The maximum Gasteiger partial charge on any atom is 0.416 e. The predicted octanol–water partition coefficient (Wildman–Crippen LogP) is 6.48. The fourth-order valence-electron chi connectivity index (χ4n) is 7.89. The van der Waals surface area contributed by atoms with E-state index in [4.69, 9.17) is 4.74 Å². The van der Waals surface area contributed by atoms with Crippen LogP contribution in [0.3, 0.4) is 0 Å². The molecule has 1 amide bonds. The lowest BCUT2D eigenvalue weighted by atomic mass is 9.72. The summed E-state index contributed by atoms with van der Waals surface area (Å²) in [7, 11) is 0. The molecule has 1 spiro atoms. The van der Waals surface area contributed by atoms with E-state index >= 15 is 0 Å². The molecule has 2 aromatic carbocycles. The largest absolute Gasteiger partial charge is 0.416 e. The third-order valence-electron chi connectivity index (χ3n) is 10.5. The Morgan fingerprint density at radius 3 is 1.91 bits per heavy atom. The Labute approximate surface area is 246 Å². The maximum atomic E-state index is 14.0. The predicted molar refractivity (Wildman–Crippen MR) is 146 cm³/mol. The van der Waals surface area contributed by atoms with Crippen molar-refractivity contribution in [1.82, 2.24) is 9.80 Å². The number of rotatable bonds is 4. The number of benzene rings is 2. The molecule has 0 radical (unpaired) electrons. The van der Waals surface area contributed by atoms with Crippen molar-refractivity contribution in [2.24, 2.45) is 5.41 Å². The van der Waals surface area contributed by atoms with E-state index in [2.05, 4.69) is 4.90 Å². The van der Waals surface area contributed by atoms with Gasteiger partial charge in [0.25, 0.3) is 5.91 Å². The molecular formula is C32H36F6N2O3. The fraction of sp³-hybridized carbons (Fsp3) is 0.594. The number of aliphatic hydroxyl groups is 1. The van der Waals surface area contributed by atoms with Crippen LogP contribution in [0.1, 0.15) is 73.6 Å². The Kier molecular flexibility index (Phi) is 7.61. The number of nitrogens with zero attached hydrogens (tertiary/aromatic N) is 2. The second kappa shape index (κ2) is 10.8. The van der Waals surface area contributed by atoms with Crippen LogP contribution in [0.15, 0.2) is 48.5 Å². The molecule has 3 aliphatic heterocycles. The van der Waals surface area contributed by atoms with Gasteiger partial charge in [-0.05, 0) is 92.8 Å². The number of carbonyl (C=O) groups excluding carboxylic acids is 1. The van der Waals surface area contributed by atoms with Crippen LogP contribution >= 0.6 is 0 Å². The van der Waals surface area contributed by atoms with Crippen molar-refractivity contribution in [3.63, 3.8) is 0 Å². The molecule has 1 saturated carbocycles. The minimum Gasteiger partial charge on any atom is -0.381 e. The Morgan fingerprint density at radius 1 is 0.767 bits per heavy atom. The van der Waals surface area contributed by atoms with Gasteiger partial charge in [0.1, 0.15) is 0 Å². The van der Waals surface area contributed by atoms with Gasteiger partial charge < -0.3 is 19.6 Å². The molecule has 234 valence electrons. The summed E-state index contributed by atoms with van der Waals surface area (Å²) < 4.78 is 87.4. The van der Waals surface area contributed by atoms with Crippen molar-refractivity contribution in [1.29, 1.82) is 0 Å². The van der Waals surface area contributed by atoms with E-state index in [1.54, 1.807) is 0 Å². The molecule has 4 fully saturated rings. The Bertz CT molecular complexity index is 1290. The van der Waals surface area contributed by atoms with Crippen molar-refractivity contribution in [2.45, 2.75) is 80.9 Å². The lowest BCUT2D eigenvalue weighted by Gasteiger charge is -2.50. The Balaban J connectivity index is 1.27. The molecule has 0 aromatic heterocycles. The van der Waals surface area contributed by atoms with Crippen LogP contribution in [-0.4, -0.2) is 59.7 Å². The Hall–Kier alpha value is -2.63. The standard InChI is InChI=1S/C32H36F6N2O3/c33-31(34,35)24-18-23(19-25(20-24)32(36,37)38)30(42)12-16-40(27(30)41)29(22-4-2-1-3-5-22)8-6-26(7-9-29)39-14-10-28(11-15-39)13-17-43-21-28/h1-5,18-20,26,42H,6-17,21H2. The van der Waals surface area contributed by atoms with E-state index in [-0.39, 0.29) is 24.4 Å². The first-order valence-electron chi connectivity index (χ1n) is 15.0. The first kappa shape index (κ1) is 30.4. The van der Waals surface area contributed by atoms with E-state index < -0.39 is 46.1 Å². The highest BCUT2D eigenvalue weighted by Gasteiger charge is 2.56. The quantitative estimate of drug-likeness (QED) is 0.403. The molecule has 0 bridgehead atoms. The average molecular weight is 611 g/mol. The SMILES string of the molecule is O=C1N(C2(c3ccccc3)CCC(N3CCC4(CCOC4)CC3)CC2)CCC1(O)c1cc(C(F)(F)F)cc(C(F)(F)F)c1. The number of carbonyl (C=O) groups is 1. The van der Waals surface area contributed by atoms with Gasteiger partial charge in [-0.2, -0.15) is 26.3 Å². The number of amides is 1. The summed E-state index contributed by atoms with van der Waals surface area (Å²) in [5.41, 5.74) is -6.00. The van der Waals surface area contributed by atoms with Gasteiger partial charge in [0.05, 0.1) is 23.3 Å². The van der Waals surface area contributed by atoms with Crippen molar-refractivity contribution < 1.29 is 41.0 Å². The van der Waals surface area contributed by atoms with Gasteiger partial charge in [0, 0.05) is 25.6 Å². The molecule has 4 aliphatic rings. The zero-order valence-corrected chi connectivity index (χ0v) is 23.8. The van der Waals surface area contributed by atoms with Crippen molar-refractivity contribution in [2.75, 3.05) is 32.8 Å². The van der Waals surface area contributed by atoms with Crippen LogP contribution in [0, 0.1) is 5.41 Å². The highest BCUT2D eigenvalue weighted by molar-refractivity contribution is 5.89. The first-order chi connectivity index (χ1) is 20.3. The maximum absolute atomic E-state index is 14.0. The molecule has 1 atom stereocenters. The molecular weight excluding hydrogens is 574 g/mol. The van der Waals surface area contributed by atoms with Gasteiger partial charge in [0.15, 0.2) is 5.60 Å². The number of piperidine rings is 1. The summed E-state index contributed by atoms with van der Waals surface area (Å²) in [6.07, 6.45) is -4.51. The number of hydrogen-bond donors (Lipinski definition) is 1. The number of hydrogen-bond acceptors (Lipinski definition) is 4. The van der Waals surface area contributed by atoms with Gasteiger partial charge in [-0.1, -0.05) is 30.3 Å². The van der Waals surface area contributed by atoms with Gasteiger partial charge in [-0.3, -0.25) is 4.79 Å². The minimum atomic E-state index is -5.09. The molecule has 1 aliphatic carbocycles. The van der Waals surface area contributed by atoms with Crippen LogP contribution in [0.4, 0.5) is 26.3 Å². The number of halogens is 6. The molecule has 11 heteroatoms. The van der Waals surface area contributed by atoms with E-state index in [1.165, 1.54) is 4.90 Å². The molecule has 1 N–H and O–H groups in total. The molecule has 2 aromatic rings. The molecule has 43 heavy (non-hydrogen) atoms. The summed E-state index contributed by atoms with van der Waals surface area (Å²) in [6.45, 7) is 3.60. The van der Waals surface area contributed by atoms with Gasteiger partial charge in [-0.25, -0.2) is 0 Å². The molecule has 5 nitrogen and oxygen atoms in total. The third-order valence-corrected chi connectivity index (χ3v) is 10.5. The smallest absolute Gasteiger partial charge is 0.381 e. The molecule has 1 unspecified atom stereocenters. The highest BCUT2D eigenvalue weighted by atomic mass is 19.4. The number of alkyl halides is 6. The summed E-state index contributed by atoms with van der Waals surface area (Å²) in [4.78, 5) is 18.1. The fourth-order valence-corrected chi connectivity index (χ4v) is 7.89. The topological polar surface area (TPSA) is 53.0 Å². The number of likely N-dealkylation sites (tertiary alicyclic amines) is 2. The van der Waals surface area contributed by atoms with Crippen LogP contribution < -0.4 is 0 Å². The van der Waals surface area contributed by atoms with Crippen LogP contribution in [0.5, 0.6) is 0 Å². The molecule has 3 saturated heterocycles. The van der Waals surface area contributed by atoms with Crippen molar-refractivity contribution >= 4 is 5.91 Å². The summed E-state index contributed by atoms with van der Waals surface area (Å²) in [6, 6.07) is 10.6. The van der Waals surface area contributed by atoms with E-state index in [0.717, 1.165) is 64.0 Å². The summed E-state index contributed by atoms with van der Waals surface area (Å²) >= 11 is 0. The highest BCUT2D eigenvalue weighted by Crippen LogP contribution is 2.50.